The van der Waals surface area contributed by atoms with Crippen LogP contribution in [0.2, 0.25) is 0 Å². The molecule has 0 saturated carbocycles. The van der Waals surface area contributed by atoms with Crippen LogP contribution in [0.5, 0.6) is 11.5 Å². The van der Waals surface area contributed by atoms with Gasteiger partial charge in [0, 0.05) is 0 Å². The molecule has 0 bridgehead atoms. The van der Waals surface area contributed by atoms with Gasteiger partial charge in [-0.15, -0.1) is 0 Å². The van der Waals surface area contributed by atoms with Crippen LogP contribution in [-0.2, 0) is 6.42 Å². The summed E-state index contributed by atoms with van der Waals surface area (Å²) in [5, 5.41) is 0. The fourth-order valence-electron chi connectivity index (χ4n) is 2.07. The highest BCUT2D eigenvalue weighted by Gasteiger charge is 2.03. The highest BCUT2D eigenvalue weighted by atomic mass is 16.5. The molecule has 0 amide bonds. The summed E-state index contributed by atoms with van der Waals surface area (Å²) in [5.41, 5.74) is 2.49. The van der Waals surface area contributed by atoms with Crippen molar-refractivity contribution in [2.45, 2.75) is 12.8 Å². The number of methoxy groups -OCH3 is 2. The molecular formula is C18H20O2. The van der Waals surface area contributed by atoms with Crippen LogP contribution in [0.3, 0.4) is 0 Å². The van der Waals surface area contributed by atoms with Gasteiger partial charge in [-0.05, 0) is 36.1 Å². The minimum atomic E-state index is 0.774. The number of hydrogen-bond acceptors (Lipinski definition) is 2. The van der Waals surface area contributed by atoms with Crippen molar-refractivity contribution in [3.8, 4) is 11.5 Å². The van der Waals surface area contributed by atoms with Gasteiger partial charge in [0.2, 0.25) is 0 Å². The molecule has 0 aliphatic carbocycles. The summed E-state index contributed by atoms with van der Waals surface area (Å²) in [6, 6.07) is 16.4. The van der Waals surface area contributed by atoms with Gasteiger partial charge in [-0.1, -0.05) is 48.6 Å². The zero-order chi connectivity index (χ0) is 14.2. The van der Waals surface area contributed by atoms with Crippen molar-refractivity contribution < 1.29 is 9.47 Å². The summed E-state index contributed by atoms with van der Waals surface area (Å²) < 4.78 is 10.5. The minimum Gasteiger partial charge on any atom is -0.493 e. The van der Waals surface area contributed by atoms with Gasteiger partial charge in [0.25, 0.3) is 0 Å². The van der Waals surface area contributed by atoms with E-state index in [2.05, 4.69) is 30.4 Å². The van der Waals surface area contributed by atoms with Crippen LogP contribution in [0.15, 0.2) is 54.6 Å². The summed E-state index contributed by atoms with van der Waals surface area (Å²) in [6.07, 6.45) is 6.35. The van der Waals surface area contributed by atoms with Gasteiger partial charge in [-0.3, -0.25) is 0 Å². The largest absolute Gasteiger partial charge is 0.493 e. The average molecular weight is 268 g/mol. The van der Waals surface area contributed by atoms with E-state index in [-0.39, 0.29) is 0 Å². The number of rotatable bonds is 6. The molecule has 0 N–H and O–H groups in total. The van der Waals surface area contributed by atoms with Crippen LogP contribution in [0, 0.1) is 0 Å². The maximum Gasteiger partial charge on any atom is 0.160 e. The van der Waals surface area contributed by atoms with Crippen LogP contribution in [0.25, 0.3) is 6.08 Å². The fourth-order valence-corrected chi connectivity index (χ4v) is 2.07. The number of allylic oxidation sites excluding steroid dienone is 1. The lowest BCUT2D eigenvalue weighted by Crippen LogP contribution is -1.92. The lowest BCUT2D eigenvalue weighted by Gasteiger charge is -2.08. The number of hydrogen-bond donors (Lipinski definition) is 0. The molecule has 0 aliphatic rings. The van der Waals surface area contributed by atoms with Crippen molar-refractivity contribution in [3.63, 3.8) is 0 Å². The SMILES string of the molecule is COc1ccc(CC/C=C/c2ccccc2)cc1OC. The Morgan fingerprint density at radius 1 is 0.900 bits per heavy atom. The summed E-state index contributed by atoms with van der Waals surface area (Å²) in [4.78, 5) is 0. The van der Waals surface area contributed by atoms with Crippen molar-refractivity contribution in [1.29, 1.82) is 0 Å². The lowest BCUT2D eigenvalue weighted by molar-refractivity contribution is 0.354. The second-order valence-electron chi connectivity index (χ2n) is 4.54. The fraction of sp³-hybridized carbons (Fsp3) is 0.222. The van der Waals surface area contributed by atoms with Gasteiger partial charge >= 0.3 is 0 Å². The van der Waals surface area contributed by atoms with Gasteiger partial charge in [-0.25, -0.2) is 0 Å². The Hall–Kier alpha value is -2.22. The van der Waals surface area contributed by atoms with Gasteiger partial charge in [0.1, 0.15) is 0 Å². The number of aryl methyl sites for hydroxylation is 1. The third kappa shape index (κ3) is 3.89. The second-order valence-corrected chi connectivity index (χ2v) is 4.54. The summed E-state index contributed by atoms with van der Waals surface area (Å²) in [7, 11) is 3.32. The van der Waals surface area contributed by atoms with Crippen molar-refractivity contribution >= 4 is 6.08 Å². The normalized spacial score (nSPS) is 10.7. The molecule has 20 heavy (non-hydrogen) atoms. The molecule has 0 saturated heterocycles. The average Bonchev–Trinajstić information content (AvgIpc) is 2.52. The molecule has 0 aliphatic heterocycles. The highest BCUT2D eigenvalue weighted by Crippen LogP contribution is 2.27. The van der Waals surface area contributed by atoms with Crippen LogP contribution in [-0.4, -0.2) is 14.2 Å². The predicted molar refractivity (Wildman–Crippen MR) is 83.3 cm³/mol. The maximum absolute atomic E-state index is 5.31. The van der Waals surface area contributed by atoms with E-state index < -0.39 is 0 Å². The van der Waals surface area contributed by atoms with Crippen molar-refractivity contribution in [1.82, 2.24) is 0 Å². The van der Waals surface area contributed by atoms with Gasteiger partial charge < -0.3 is 9.47 Å². The molecule has 2 nitrogen and oxygen atoms in total. The molecule has 0 radical (unpaired) electrons. The number of benzene rings is 2. The maximum atomic E-state index is 5.31. The quantitative estimate of drug-likeness (QED) is 0.775. The first-order valence-electron chi connectivity index (χ1n) is 6.76. The third-order valence-electron chi connectivity index (χ3n) is 3.16. The summed E-state index contributed by atoms with van der Waals surface area (Å²) >= 11 is 0. The van der Waals surface area contributed by atoms with Crippen molar-refractivity contribution in [2.75, 3.05) is 14.2 Å². The van der Waals surface area contributed by atoms with Crippen molar-refractivity contribution in [2.24, 2.45) is 0 Å². The van der Waals surface area contributed by atoms with Crippen LogP contribution in [0.4, 0.5) is 0 Å². The van der Waals surface area contributed by atoms with Crippen LogP contribution >= 0.6 is 0 Å². The third-order valence-corrected chi connectivity index (χ3v) is 3.16. The first-order valence-corrected chi connectivity index (χ1v) is 6.76. The van der Waals surface area contributed by atoms with Gasteiger partial charge in [0.15, 0.2) is 11.5 Å². The molecule has 0 unspecified atom stereocenters. The van der Waals surface area contributed by atoms with E-state index in [0.29, 0.717) is 0 Å². The Morgan fingerprint density at radius 2 is 1.65 bits per heavy atom. The number of ether oxygens (including phenoxy) is 2. The molecule has 0 atom stereocenters. The van der Waals surface area contributed by atoms with Crippen LogP contribution in [0.1, 0.15) is 17.5 Å². The standard InChI is InChI=1S/C18H20O2/c1-19-17-13-12-16(14-18(17)20-2)11-7-6-10-15-8-4-3-5-9-15/h3-6,8-10,12-14H,7,11H2,1-2H3/b10-6+. The zero-order valence-corrected chi connectivity index (χ0v) is 12.0. The molecule has 2 heteroatoms. The monoisotopic (exact) mass is 268 g/mol. The Kier molecular flexibility index (Phi) is 5.24. The molecular weight excluding hydrogens is 248 g/mol. The topological polar surface area (TPSA) is 18.5 Å². The molecule has 0 aromatic heterocycles. The highest BCUT2D eigenvalue weighted by molar-refractivity contribution is 5.48. The van der Waals surface area contributed by atoms with E-state index in [4.69, 9.17) is 9.47 Å². The summed E-state index contributed by atoms with van der Waals surface area (Å²) in [5.74, 6) is 1.56. The Bertz CT molecular complexity index is 559. The van der Waals surface area contributed by atoms with Crippen LogP contribution < -0.4 is 9.47 Å². The first kappa shape index (κ1) is 14.2. The molecule has 2 aromatic rings. The van der Waals surface area contributed by atoms with E-state index in [1.807, 2.05) is 30.3 Å². The lowest BCUT2D eigenvalue weighted by atomic mass is 10.1. The Balaban J connectivity index is 1.93. The van der Waals surface area contributed by atoms with E-state index >= 15 is 0 Å². The van der Waals surface area contributed by atoms with E-state index in [1.54, 1.807) is 14.2 Å². The Morgan fingerprint density at radius 3 is 2.35 bits per heavy atom. The molecule has 104 valence electrons. The van der Waals surface area contributed by atoms with E-state index in [1.165, 1.54) is 11.1 Å². The minimum absolute atomic E-state index is 0.774. The molecule has 0 spiro atoms. The van der Waals surface area contributed by atoms with Gasteiger partial charge in [-0.2, -0.15) is 0 Å². The van der Waals surface area contributed by atoms with E-state index in [0.717, 1.165) is 24.3 Å². The zero-order valence-electron chi connectivity index (χ0n) is 12.0. The second kappa shape index (κ2) is 7.39. The molecule has 0 heterocycles. The van der Waals surface area contributed by atoms with E-state index in [9.17, 15) is 0 Å². The molecule has 0 fully saturated rings. The molecule has 2 aromatic carbocycles. The predicted octanol–water partition coefficient (Wildman–Crippen LogP) is 4.35. The smallest absolute Gasteiger partial charge is 0.160 e. The summed E-state index contributed by atoms with van der Waals surface area (Å²) in [6.45, 7) is 0. The molecule has 2 rings (SSSR count). The van der Waals surface area contributed by atoms with Gasteiger partial charge in [0.05, 0.1) is 14.2 Å². The first-order chi connectivity index (χ1) is 9.83. The van der Waals surface area contributed by atoms with Crippen molar-refractivity contribution in [3.05, 3.63) is 65.7 Å². The Labute approximate surface area is 120 Å².